The summed E-state index contributed by atoms with van der Waals surface area (Å²) in [5.74, 6) is -1.38. The van der Waals surface area contributed by atoms with Gasteiger partial charge in [-0.3, -0.25) is 0 Å². The Labute approximate surface area is 119 Å². The Morgan fingerprint density at radius 2 is 1.90 bits per heavy atom. The maximum Gasteiger partial charge on any atom is 0.335 e. The van der Waals surface area contributed by atoms with Crippen molar-refractivity contribution in [3.05, 3.63) is 29.3 Å². The topological polar surface area (TPSA) is 91.7 Å². The summed E-state index contributed by atoms with van der Waals surface area (Å²) < 4.78 is 24.7. The molecule has 0 saturated carbocycles. The molecule has 0 aliphatic carbocycles. The fraction of sp³-hybridized carbons (Fsp3) is 0.500. The van der Waals surface area contributed by atoms with Crippen LogP contribution in [0.5, 0.6) is 0 Å². The zero-order valence-corrected chi connectivity index (χ0v) is 12.7. The van der Waals surface area contributed by atoms with E-state index in [9.17, 15) is 18.3 Å². The Morgan fingerprint density at radius 1 is 1.30 bits per heavy atom. The van der Waals surface area contributed by atoms with Crippen molar-refractivity contribution in [3.8, 4) is 0 Å². The van der Waals surface area contributed by atoms with Gasteiger partial charge in [0.2, 0.25) is 0 Å². The summed E-state index contributed by atoms with van der Waals surface area (Å²) in [7, 11) is -3.62. The fourth-order valence-corrected chi connectivity index (χ4v) is 3.67. The van der Waals surface area contributed by atoms with E-state index in [1.165, 1.54) is 32.0 Å². The second-order valence-electron chi connectivity index (χ2n) is 5.36. The van der Waals surface area contributed by atoms with E-state index >= 15 is 0 Å². The number of benzene rings is 1. The van der Waals surface area contributed by atoms with Crippen LogP contribution in [0.4, 0.5) is 0 Å². The van der Waals surface area contributed by atoms with Crippen LogP contribution < -0.4 is 0 Å². The van der Waals surface area contributed by atoms with Gasteiger partial charge >= 0.3 is 5.97 Å². The lowest BCUT2D eigenvalue weighted by molar-refractivity contribution is 0.0695. The molecular formula is C14H20O5S. The number of carbonyl (C=O) groups is 1. The van der Waals surface area contributed by atoms with Crippen molar-refractivity contribution in [1.29, 1.82) is 0 Å². The van der Waals surface area contributed by atoms with E-state index in [1.807, 2.05) is 6.92 Å². The molecule has 0 atom stereocenters. The van der Waals surface area contributed by atoms with Crippen molar-refractivity contribution in [2.24, 2.45) is 0 Å². The zero-order valence-electron chi connectivity index (χ0n) is 11.9. The van der Waals surface area contributed by atoms with E-state index in [2.05, 4.69) is 0 Å². The molecule has 0 aliphatic heterocycles. The third kappa shape index (κ3) is 4.31. The first-order chi connectivity index (χ1) is 9.07. The smallest absolute Gasteiger partial charge is 0.335 e. The van der Waals surface area contributed by atoms with E-state index < -0.39 is 21.4 Å². The van der Waals surface area contributed by atoms with Gasteiger partial charge in [-0.15, -0.1) is 0 Å². The second-order valence-corrected chi connectivity index (χ2v) is 7.44. The molecule has 0 unspecified atom stereocenters. The quantitative estimate of drug-likeness (QED) is 0.837. The second kappa shape index (κ2) is 5.93. The van der Waals surface area contributed by atoms with Gasteiger partial charge in [0.1, 0.15) is 0 Å². The van der Waals surface area contributed by atoms with Crippen LogP contribution in [0, 0.1) is 0 Å². The Morgan fingerprint density at radius 3 is 2.35 bits per heavy atom. The molecule has 1 aromatic rings. The Balaban J connectivity index is 3.21. The van der Waals surface area contributed by atoms with Gasteiger partial charge in [-0.2, -0.15) is 0 Å². The van der Waals surface area contributed by atoms with E-state index in [4.69, 9.17) is 5.11 Å². The van der Waals surface area contributed by atoms with Crippen molar-refractivity contribution >= 4 is 15.8 Å². The number of sulfone groups is 1. The Bertz CT molecular complexity index is 596. The molecule has 0 fully saturated rings. The molecule has 0 aromatic heterocycles. The lowest BCUT2D eigenvalue weighted by atomic mass is 10.1. The van der Waals surface area contributed by atoms with E-state index in [-0.39, 0.29) is 22.6 Å². The van der Waals surface area contributed by atoms with Crippen LogP contribution in [0.15, 0.2) is 23.1 Å². The molecule has 0 saturated heterocycles. The van der Waals surface area contributed by atoms with Crippen molar-refractivity contribution < 1.29 is 23.4 Å². The van der Waals surface area contributed by atoms with Gasteiger partial charge in [-0.1, -0.05) is 13.0 Å². The number of carboxylic acids is 1. The number of hydrogen-bond acceptors (Lipinski definition) is 4. The van der Waals surface area contributed by atoms with Crippen LogP contribution in [-0.4, -0.2) is 36.0 Å². The summed E-state index contributed by atoms with van der Waals surface area (Å²) in [4.78, 5) is 11.0. The molecule has 1 aromatic carbocycles. The minimum atomic E-state index is -3.62. The third-order valence-electron chi connectivity index (χ3n) is 3.01. The van der Waals surface area contributed by atoms with Gasteiger partial charge in [0.05, 0.1) is 21.8 Å². The van der Waals surface area contributed by atoms with Gasteiger partial charge in [0.25, 0.3) is 0 Å². The number of hydrogen-bond donors (Lipinski definition) is 2. The summed E-state index contributed by atoms with van der Waals surface area (Å²) in [6.07, 6.45) is 0.590. The zero-order chi connectivity index (χ0) is 15.6. The molecule has 0 bridgehead atoms. The van der Waals surface area contributed by atoms with Crippen LogP contribution in [0.1, 0.15) is 43.1 Å². The lowest BCUT2D eigenvalue weighted by Gasteiger charge is -2.17. The van der Waals surface area contributed by atoms with Crippen LogP contribution >= 0.6 is 0 Å². The van der Waals surface area contributed by atoms with Crippen molar-refractivity contribution in [2.45, 2.75) is 44.1 Å². The minimum absolute atomic E-state index is 0.0455. The number of aliphatic hydroxyl groups is 1. The maximum atomic E-state index is 12.3. The van der Waals surface area contributed by atoms with Crippen LogP contribution in [0.2, 0.25) is 0 Å². The highest BCUT2D eigenvalue weighted by Gasteiger charge is 2.23. The molecule has 112 valence electrons. The van der Waals surface area contributed by atoms with Gasteiger partial charge in [-0.05, 0) is 44.4 Å². The highest BCUT2D eigenvalue weighted by atomic mass is 32.2. The molecule has 0 radical (unpaired) electrons. The number of carboxylic acid groups (broad SMARTS) is 1. The lowest BCUT2D eigenvalue weighted by Crippen LogP contribution is -2.24. The minimum Gasteiger partial charge on any atom is -0.478 e. The summed E-state index contributed by atoms with van der Waals surface area (Å²) in [6, 6.07) is 4.12. The Hall–Kier alpha value is -1.40. The van der Waals surface area contributed by atoms with E-state index in [0.717, 1.165) is 0 Å². The van der Waals surface area contributed by atoms with Gasteiger partial charge in [0.15, 0.2) is 9.84 Å². The van der Waals surface area contributed by atoms with Crippen molar-refractivity contribution in [1.82, 2.24) is 0 Å². The SMILES string of the molecule is CCc1ccc(C(=O)O)cc1S(=O)(=O)CCC(C)(C)O. The standard InChI is InChI=1S/C14H20O5S/c1-4-10-5-6-11(13(15)16)9-12(10)20(18,19)8-7-14(2,3)17/h5-6,9,17H,4,7-8H2,1-3H3,(H,15,16). The maximum absolute atomic E-state index is 12.3. The number of aryl methyl sites for hydroxylation is 1. The molecule has 0 amide bonds. The predicted octanol–water partition coefficient (Wildman–Crippen LogP) is 1.88. The molecule has 5 nitrogen and oxygen atoms in total. The van der Waals surface area contributed by atoms with E-state index in [0.29, 0.717) is 12.0 Å². The molecular weight excluding hydrogens is 280 g/mol. The van der Waals surface area contributed by atoms with E-state index in [1.54, 1.807) is 0 Å². The first kappa shape index (κ1) is 16.7. The Kier molecular flexibility index (Phi) is 4.94. The molecule has 1 rings (SSSR count). The molecule has 20 heavy (non-hydrogen) atoms. The first-order valence-electron chi connectivity index (χ1n) is 6.38. The molecule has 2 N–H and O–H groups in total. The molecule has 0 heterocycles. The first-order valence-corrected chi connectivity index (χ1v) is 8.03. The average Bonchev–Trinajstić information content (AvgIpc) is 2.35. The van der Waals surface area contributed by atoms with Gasteiger partial charge in [0, 0.05) is 0 Å². The summed E-state index contributed by atoms with van der Waals surface area (Å²) in [5, 5.41) is 18.6. The number of aromatic carboxylic acids is 1. The van der Waals surface area contributed by atoms with Crippen molar-refractivity contribution in [3.63, 3.8) is 0 Å². The highest BCUT2D eigenvalue weighted by Crippen LogP contribution is 2.22. The van der Waals surface area contributed by atoms with Gasteiger partial charge in [-0.25, -0.2) is 13.2 Å². The third-order valence-corrected chi connectivity index (χ3v) is 4.80. The highest BCUT2D eigenvalue weighted by molar-refractivity contribution is 7.91. The molecule has 0 aliphatic rings. The van der Waals surface area contributed by atoms with Gasteiger partial charge < -0.3 is 10.2 Å². The average molecular weight is 300 g/mol. The monoisotopic (exact) mass is 300 g/mol. The van der Waals surface area contributed by atoms with Crippen LogP contribution in [0.25, 0.3) is 0 Å². The van der Waals surface area contributed by atoms with Crippen LogP contribution in [-0.2, 0) is 16.3 Å². The number of rotatable bonds is 6. The fourth-order valence-electron chi connectivity index (χ4n) is 1.76. The van der Waals surface area contributed by atoms with Crippen LogP contribution in [0.3, 0.4) is 0 Å². The molecule has 0 spiro atoms. The summed E-state index contributed by atoms with van der Waals surface area (Å²) >= 11 is 0. The van der Waals surface area contributed by atoms with Crippen molar-refractivity contribution in [2.75, 3.05) is 5.75 Å². The largest absolute Gasteiger partial charge is 0.478 e. The summed E-state index contributed by atoms with van der Waals surface area (Å²) in [6.45, 7) is 4.89. The summed E-state index contributed by atoms with van der Waals surface area (Å²) in [5.41, 5.74) is -0.543. The predicted molar refractivity (Wildman–Crippen MR) is 75.7 cm³/mol. The molecule has 6 heteroatoms. The normalized spacial score (nSPS) is 12.4.